The van der Waals surface area contributed by atoms with Crippen molar-refractivity contribution in [3.63, 3.8) is 0 Å². The van der Waals surface area contributed by atoms with Gasteiger partial charge in [-0.15, -0.1) is 11.6 Å². The molecule has 3 fully saturated rings. The Labute approximate surface area is 226 Å². The molecule has 3 heteroatoms. The molecule has 0 aromatic heterocycles. The largest absolute Gasteiger partial charge is 0.286 e. The molecule has 0 saturated heterocycles. The Hall–Kier alpha value is 0.0500. The molecule has 0 spiro atoms. The molecule has 35 heavy (non-hydrogen) atoms. The molecule has 9 atom stereocenters. The minimum Gasteiger partial charge on any atom is -0.286 e. The fraction of sp³-hybridized carbons (Fsp3) is 0.906. The molecule has 4 rings (SSSR count). The third-order valence-electron chi connectivity index (χ3n) is 11.4. The number of carbonyl (C=O) groups is 1. The van der Waals surface area contributed by atoms with Gasteiger partial charge in [0.2, 0.25) is 5.12 Å². The molecular weight excluding hydrogens is 468 g/mol. The van der Waals surface area contributed by atoms with Gasteiger partial charge in [-0.1, -0.05) is 91.1 Å². The summed E-state index contributed by atoms with van der Waals surface area (Å²) in [6, 6.07) is 0. The fourth-order valence-corrected chi connectivity index (χ4v) is 10.6. The van der Waals surface area contributed by atoms with Crippen LogP contribution in [-0.4, -0.2) is 15.7 Å². The number of fused-ring (bicyclic) bond motifs is 5. The lowest BCUT2D eigenvalue weighted by atomic mass is 9.47. The summed E-state index contributed by atoms with van der Waals surface area (Å²) >= 11 is 7.95. The van der Waals surface area contributed by atoms with Crippen molar-refractivity contribution in [2.45, 2.75) is 130 Å². The lowest BCUT2D eigenvalue weighted by molar-refractivity contribution is -0.111. The Balaban J connectivity index is 1.43. The van der Waals surface area contributed by atoms with Crippen LogP contribution in [0.4, 0.5) is 0 Å². The van der Waals surface area contributed by atoms with Gasteiger partial charge in [0.05, 0.1) is 0 Å². The van der Waals surface area contributed by atoms with Crippen LogP contribution >= 0.6 is 23.4 Å². The number of rotatable bonds is 8. The molecule has 0 amide bonds. The molecule has 0 radical (unpaired) electrons. The minimum atomic E-state index is -0.350. The topological polar surface area (TPSA) is 17.1 Å². The summed E-state index contributed by atoms with van der Waals surface area (Å²) in [4.78, 5) is 12.7. The van der Waals surface area contributed by atoms with Gasteiger partial charge in [0.1, 0.15) is 5.38 Å². The molecule has 0 aliphatic heterocycles. The molecule has 0 N–H and O–H groups in total. The highest BCUT2D eigenvalue weighted by Gasteiger charge is 2.59. The Morgan fingerprint density at radius 3 is 2.46 bits per heavy atom. The van der Waals surface area contributed by atoms with Crippen LogP contribution in [0.2, 0.25) is 0 Å². The van der Waals surface area contributed by atoms with Crippen LogP contribution < -0.4 is 0 Å². The molecule has 0 aromatic carbocycles. The Bertz CT molecular complexity index is 788. The number of hydrogen-bond acceptors (Lipinski definition) is 2. The smallest absolute Gasteiger partial charge is 0.207 e. The molecule has 9 unspecified atom stereocenters. The number of allylic oxidation sites excluding steroid dienone is 2. The SMILES string of the molecule is CC(C)CCCC(C)C1CCC2C3CC=C4CC(SC(=O)C(Cl)C(C)C)CCC4(C)C3CCC12C. The third-order valence-corrected chi connectivity index (χ3v) is 13.4. The third kappa shape index (κ3) is 5.46. The molecule has 3 saturated carbocycles. The molecular formula is C32H53ClOS. The zero-order valence-corrected chi connectivity index (χ0v) is 25.3. The van der Waals surface area contributed by atoms with E-state index in [-0.39, 0.29) is 16.4 Å². The second-order valence-electron chi connectivity index (χ2n) is 14.2. The zero-order chi connectivity index (χ0) is 25.5. The van der Waals surface area contributed by atoms with E-state index < -0.39 is 0 Å². The van der Waals surface area contributed by atoms with E-state index in [2.05, 4.69) is 54.5 Å². The van der Waals surface area contributed by atoms with E-state index in [1.807, 2.05) is 0 Å². The Morgan fingerprint density at radius 1 is 1.03 bits per heavy atom. The number of carbonyl (C=O) groups excluding carboxylic acids is 1. The summed E-state index contributed by atoms with van der Waals surface area (Å²) < 4.78 is 0. The van der Waals surface area contributed by atoms with E-state index in [1.54, 1.807) is 17.3 Å². The summed E-state index contributed by atoms with van der Waals surface area (Å²) in [7, 11) is 0. The average Bonchev–Trinajstić information content (AvgIpc) is 3.15. The first-order chi connectivity index (χ1) is 16.5. The standard InChI is InChI=1S/C32H53ClOS/c1-20(2)9-8-10-22(5)26-13-14-27-25-12-11-23-19-24(35-30(34)29(33)21(3)4)15-17-31(23,6)28(25)16-18-32(26,27)7/h11,20-22,24-29H,8-10,12-19H2,1-7H3. The van der Waals surface area contributed by atoms with Crippen molar-refractivity contribution in [2.75, 3.05) is 0 Å². The predicted molar refractivity (Wildman–Crippen MR) is 154 cm³/mol. The van der Waals surface area contributed by atoms with Crippen molar-refractivity contribution >= 4 is 28.5 Å². The van der Waals surface area contributed by atoms with Crippen LogP contribution in [-0.2, 0) is 4.79 Å². The normalized spacial score (nSPS) is 40.6. The van der Waals surface area contributed by atoms with Crippen molar-refractivity contribution in [2.24, 2.45) is 52.3 Å². The highest BCUT2D eigenvalue weighted by Crippen LogP contribution is 2.67. The molecule has 4 aliphatic carbocycles. The quantitative estimate of drug-likeness (QED) is 0.234. The van der Waals surface area contributed by atoms with Crippen LogP contribution in [0.1, 0.15) is 119 Å². The summed E-state index contributed by atoms with van der Waals surface area (Å²) in [6.45, 7) is 16.7. The predicted octanol–water partition coefficient (Wildman–Crippen LogP) is 9.92. The van der Waals surface area contributed by atoms with Crippen molar-refractivity contribution in [1.29, 1.82) is 0 Å². The van der Waals surface area contributed by atoms with Gasteiger partial charge in [0.25, 0.3) is 0 Å². The highest BCUT2D eigenvalue weighted by atomic mass is 35.5. The van der Waals surface area contributed by atoms with Crippen molar-refractivity contribution < 1.29 is 4.79 Å². The monoisotopic (exact) mass is 520 g/mol. The van der Waals surface area contributed by atoms with Gasteiger partial charge in [-0.05, 0) is 104 Å². The lowest BCUT2D eigenvalue weighted by Gasteiger charge is -2.58. The van der Waals surface area contributed by atoms with Crippen molar-refractivity contribution in [3.05, 3.63) is 11.6 Å². The first-order valence-electron chi connectivity index (χ1n) is 15.0. The molecule has 4 aliphatic rings. The van der Waals surface area contributed by atoms with E-state index in [0.29, 0.717) is 16.1 Å². The van der Waals surface area contributed by atoms with Gasteiger partial charge in [0, 0.05) is 5.25 Å². The molecule has 0 aromatic rings. The van der Waals surface area contributed by atoms with E-state index in [9.17, 15) is 4.79 Å². The molecule has 0 bridgehead atoms. The average molecular weight is 521 g/mol. The van der Waals surface area contributed by atoms with Gasteiger partial charge in [0.15, 0.2) is 0 Å². The van der Waals surface area contributed by atoms with Gasteiger partial charge >= 0.3 is 0 Å². The van der Waals surface area contributed by atoms with Crippen LogP contribution in [0.3, 0.4) is 0 Å². The van der Waals surface area contributed by atoms with Crippen LogP contribution in [0.15, 0.2) is 11.6 Å². The van der Waals surface area contributed by atoms with Crippen LogP contribution in [0.25, 0.3) is 0 Å². The van der Waals surface area contributed by atoms with Gasteiger partial charge < -0.3 is 0 Å². The molecule has 200 valence electrons. The Morgan fingerprint density at radius 2 is 1.77 bits per heavy atom. The first kappa shape index (κ1) is 28.1. The number of alkyl halides is 1. The second kappa shape index (κ2) is 11.0. The van der Waals surface area contributed by atoms with Crippen molar-refractivity contribution in [1.82, 2.24) is 0 Å². The van der Waals surface area contributed by atoms with E-state index >= 15 is 0 Å². The number of hydrogen-bond donors (Lipinski definition) is 0. The lowest BCUT2D eigenvalue weighted by Crippen LogP contribution is -2.50. The fourth-order valence-electron chi connectivity index (χ4n) is 9.25. The molecule has 1 nitrogen and oxygen atoms in total. The van der Waals surface area contributed by atoms with Gasteiger partial charge in [-0.3, -0.25) is 4.79 Å². The zero-order valence-electron chi connectivity index (χ0n) is 23.7. The summed E-state index contributed by atoms with van der Waals surface area (Å²) in [5.41, 5.74) is 2.61. The molecule has 0 heterocycles. The second-order valence-corrected chi connectivity index (χ2v) is 16.0. The summed E-state index contributed by atoms with van der Waals surface area (Å²) in [5, 5.41) is 0.268. The van der Waals surface area contributed by atoms with E-state index in [1.165, 1.54) is 64.2 Å². The summed E-state index contributed by atoms with van der Waals surface area (Å²) in [6.07, 6.45) is 17.5. The maximum atomic E-state index is 12.7. The Kier molecular flexibility index (Phi) is 8.85. The van der Waals surface area contributed by atoms with Crippen LogP contribution in [0, 0.1) is 52.3 Å². The highest BCUT2D eigenvalue weighted by molar-refractivity contribution is 8.14. The maximum absolute atomic E-state index is 12.7. The van der Waals surface area contributed by atoms with Crippen molar-refractivity contribution in [3.8, 4) is 0 Å². The summed E-state index contributed by atoms with van der Waals surface area (Å²) in [5.74, 6) is 5.53. The van der Waals surface area contributed by atoms with Gasteiger partial charge in [-0.25, -0.2) is 0 Å². The van der Waals surface area contributed by atoms with E-state index in [0.717, 1.165) is 41.9 Å². The first-order valence-corrected chi connectivity index (χ1v) is 16.3. The van der Waals surface area contributed by atoms with E-state index in [4.69, 9.17) is 11.6 Å². The van der Waals surface area contributed by atoms with Gasteiger partial charge in [-0.2, -0.15) is 0 Å². The number of thioether (sulfide) groups is 1. The van der Waals surface area contributed by atoms with Crippen LogP contribution in [0.5, 0.6) is 0 Å². The maximum Gasteiger partial charge on any atom is 0.207 e. The number of halogens is 1. The minimum absolute atomic E-state index is 0.192.